The largest absolute Gasteiger partial charge is 0.423 e. The number of rotatable bonds is 5. The Hall–Kier alpha value is -3.89. The van der Waals surface area contributed by atoms with E-state index in [1.54, 1.807) is 43.4 Å². The number of anilines is 3. The van der Waals surface area contributed by atoms with Gasteiger partial charge in [0.05, 0.1) is 11.6 Å². The average molecular weight is 403 g/mol. The molecule has 8 heteroatoms. The number of halogens is 1. The number of nitriles is 1. The lowest BCUT2D eigenvalue weighted by molar-refractivity contribution is 0.446. The molecule has 0 bridgehead atoms. The number of ether oxygens (including phenoxy) is 1. The maximum atomic E-state index is 8.92. The van der Waals surface area contributed by atoms with E-state index in [0.717, 1.165) is 16.5 Å². The minimum atomic E-state index is 0.132. The SMILES string of the molecule is CNc1nc(Nc2ccc(C#N)cc2)nc(Oc2ccc(Cl)c3ccccc23)n1. The lowest BCUT2D eigenvalue weighted by Gasteiger charge is -2.11. The zero-order chi connectivity index (χ0) is 20.2. The fraction of sp³-hybridized carbons (Fsp3) is 0.0476. The molecule has 1 aromatic heterocycles. The Morgan fingerprint density at radius 3 is 2.34 bits per heavy atom. The van der Waals surface area contributed by atoms with Gasteiger partial charge in [0.2, 0.25) is 11.9 Å². The van der Waals surface area contributed by atoms with Gasteiger partial charge >= 0.3 is 6.01 Å². The van der Waals surface area contributed by atoms with E-state index in [9.17, 15) is 0 Å². The van der Waals surface area contributed by atoms with Crippen molar-refractivity contribution in [1.82, 2.24) is 15.0 Å². The molecule has 0 saturated heterocycles. The van der Waals surface area contributed by atoms with Crippen molar-refractivity contribution < 1.29 is 4.74 Å². The van der Waals surface area contributed by atoms with E-state index in [1.807, 2.05) is 24.3 Å². The molecule has 0 atom stereocenters. The van der Waals surface area contributed by atoms with Gasteiger partial charge in [-0.05, 0) is 36.4 Å². The first kappa shape index (κ1) is 18.5. The summed E-state index contributed by atoms with van der Waals surface area (Å²) in [4.78, 5) is 12.9. The molecule has 4 aromatic rings. The minimum Gasteiger partial charge on any atom is -0.423 e. The molecule has 0 spiro atoms. The minimum absolute atomic E-state index is 0.132. The van der Waals surface area contributed by atoms with Crippen LogP contribution < -0.4 is 15.4 Å². The lowest BCUT2D eigenvalue weighted by atomic mass is 10.1. The second-order valence-corrected chi connectivity index (χ2v) is 6.43. The first-order chi connectivity index (χ1) is 14.2. The summed E-state index contributed by atoms with van der Waals surface area (Å²) in [7, 11) is 1.71. The van der Waals surface area contributed by atoms with E-state index < -0.39 is 0 Å². The third kappa shape index (κ3) is 4.03. The number of fused-ring (bicyclic) bond motifs is 1. The van der Waals surface area contributed by atoms with Crippen molar-refractivity contribution in [1.29, 1.82) is 5.26 Å². The van der Waals surface area contributed by atoms with Crippen molar-refractivity contribution in [2.24, 2.45) is 0 Å². The van der Waals surface area contributed by atoms with Crippen molar-refractivity contribution in [3.63, 3.8) is 0 Å². The molecular weight excluding hydrogens is 388 g/mol. The smallest absolute Gasteiger partial charge is 0.328 e. The summed E-state index contributed by atoms with van der Waals surface area (Å²) in [6.07, 6.45) is 0. The number of hydrogen-bond donors (Lipinski definition) is 2. The Morgan fingerprint density at radius 1 is 0.897 bits per heavy atom. The quantitative estimate of drug-likeness (QED) is 0.477. The maximum absolute atomic E-state index is 8.92. The highest BCUT2D eigenvalue weighted by atomic mass is 35.5. The van der Waals surface area contributed by atoms with E-state index in [0.29, 0.717) is 28.2 Å². The summed E-state index contributed by atoms with van der Waals surface area (Å²) >= 11 is 6.28. The first-order valence-corrected chi connectivity index (χ1v) is 9.10. The lowest BCUT2D eigenvalue weighted by Crippen LogP contribution is -2.05. The molecule has 0 aliphatic carbocycles. The van der Waals surface area contributed by atoms with Crippen LogP contribution in [0.5, 0.6) is 11.8 Å². The Bertz CT molecular complexity index is 1220. The van der Waals surface area contributed by atoms with Gasteiger partial charge in [0.15, 0.2) is 0 Å². The van der Waals surface area contributed by atoms with Crippen LogP contribution in [0.3, 0.4) is 0 Å². The molecular formula is C21H15ClN6O. The van der Waals surface area contributed by atoms with Gasteiger partial charge in [-0.2, -0.15) is 20.2 Å². The molecule has 142 valence electrons. The van der Waals surface area contributed by atoms with Gasteiger partial charge in [0.1, 0.15) is 5.75 Å². The van der Waals surface area contributed by atoms with Crippen LogP contribution >= 0.6 is 11.6 Å². The Kier molecular flexibility index (Phi) is 5.10. The third-order valence-corrected chi connectivity index (χ3v) is 4.47. The summed E-state index contributed by atoms with van der Waals surface area (Å²) < 4.78 is 5.96. The van der Waals surface area contributed by atoms with Crippen molar-refractivity contribution in [3.05, 3.63) is 71.2 Å². The van der Waals surface area contributed by atoms with E-state index in [-0.39, 0.29) is 6.01 Å². The van der Waals surface area contributed by atoms with E-state index in [1.165, 1.54) is 0 Å². The van der Waals surface area contributed by atoms with Crippen molar-refractivity contribution >= 4 is 40.0 Å². The van der Waals surface area contributed by atoms with Gasteiger partial charge in [0.25, 0.3) is 0 Å². The number of nitrogens with one attached hydrogen (secondary N) is 2. The standard InChI is InChI=1S/C21H15ClN6O/c1-24-19-26-20(25-14-8-6-13(12-23)7-9-14)28-21(27-19)29-18-11-10-17(22)15-4-2-3-5-16(15)18/h2-11H,1H3,(H2,24,25,26,27,28). The maximum Gasteiger partial charge on any atom is 0.328 e. The highest BCUT2D eigenvalue weighted by molar-refractivity contribution is 6.35. The van der Waals surface area contributed by atoms with Crippen LogP contribution in [-0.4, -0.2) is 22.0 Å². The zero-order valence-corrected chi connectivity index (χ0v) is 16.1. The molecule has 4 rings (SSSR count). The van der Waals surface area contributed by atoms with Gasteiger partial charge in [-0.15, -0.1) is 0 Å². The predicted molar refractivity (Wildman–Crippen MR) is 113 cm³/mol. The second-order valence-electron chi connectivity index (χ2n) is 6.02. The highest BCUT2D eigenvalue weighted by Gasteiger charge is 2.11. The van der Waals surface area contributed by atoms with Gasteiger partial charge in [-0.25, -0.2) is 0 Å². The predicted octanol–water partition coefficient (Wildman–Crippen LogP) is 5.13. The van der Waals surface area contributed by atoms with Gasteiger partial charge < -0.3 is 15.4 Å². The van der Waals surface area contributed by atoms with Crippen LogP contribution in [0.4, 0.5) is 17.6 Å². The molecule has 0 radical (unpaired) electrons. The second kappa shape index (κ2) is 8.00. The van der Waals surface area contributed by atoms with Crippen molar-refractivity contribution in [2.45, 2.75) is 0 Å². The van der Waals surface area contributed by atoms with E-state index in [4.69, 9.17) is 21.6 Å². The first-order valence-electron chi connectivity index (χ1n) is 8.72. The number of hydrogen-bond acceptors (Lipinski definition) is 7. The van der Waals surface area contributed by atoms with Crippen LogP contribution in [0.25, 0.3) is 10.8 Å². The molecule has 0 aliphatic rings. The summed E-state index contributed by atoms with van der Waals surface area (Å²) in [6.45, 7) is 0. The molecule has 7 nitrogen and oxygen atoms in total. The van der Waals surface area contributed by atoms with Crippen LogP contribution in [0, 0.1) is 11.3 Å². The third-order valence-electron chi connectivity index (χ3n) is 4.14. The summed E-state index contributed by atoms with van der Waals surface area (Å²) in [5.41, 5.74) is 1.31. The summed E-state index contributed by atoms with van der Waals surface area (Å²) in [5, 5.41) is 17.3. The monoisotopic (exact) mass is 402 g/mol. The molecule has 1 heterocycles. The van der Waals surface area contributed by atoms with Crippen LogP contribution in [0.1, 0.15) is 5.56 Å². The van der Waals surface area contributed by atoms with Crippen molar-refractivity contribution in [2.75, 3.05) is 17.7 Å². The zero-order valence-electron chi connectivity index (χ0n) is 15.3. The van der Waals surface area contributed by atoms with Gasteiger partial charge in [-0.3, -0.25) is 0 Å². The normalized spacial score (nSPS) is 10.4. The number of benzene rings is 3. The highest BCUT2D eigenvalue weighted by Crippen LogP contribution is 2.33. The number of nitrogens with zero attached hydrogens (tertiary/aromatic N) is 4. The fourth-order valence-corrected chi connectivity index (χ4v) is 2.98. The average Bonchev–Trinajstić information content (AvgIpc) is 2.76. The van der Waals surface area contributed by atoms with Crippen LogP contribution in [-0.2, 0) is 0 Å². The topological polar surface area (TPSA) is 95.8 Å². The molecule has 0 fully saturated rings. The molecule has 0 aliphatic heterocycles. The number of aromatic nitrogens is 3. The van der Waals surface area contributed by atoms with Crippen molar-refractivity contribution in [3.8, 4) is 17.8 Å². The molecule has 0 unspecified atom stereocenters. The van der Waals surface area contributed by atoms with E-state index in [2.05, 4.69) is 31.7 Å². The molecule has 29 heavy (non-hydrogen) atoms. The van der Waals surface area contributed by atoms with Crippen LogP contribution in [0.15, 0.2) is 60.7 Å². The molecule has 0 saturated carbocycles. The Balaban J connectivity index is 1.67. The van der Waals surface area contributed by atoms with Gasteiger partial charge in [0, 0.05) is 28.5 Å². The van der Waals surface area contributed by atoms with Crippen LogP contribution in [0.2, 0.25) is 5.02 Å². The summed E-state index contributed by atoms with van der Waals surface area (Å²) in [6, 6.07) is 20.4. The summed E-state index contributed by atoms with van der Waals surface area (Å²) in [5.74, 6) is 1.24. The Morgan fingerprint density at radius 2 is 1.62 bits per heavy atom. The fourth-order valence-electron chi connectivity index (χ4n) is 2.75. The van der Waals surface area contributed by atoms with E-state index >= 15 is 0 Å². The molecule has 0 amide bonds. The molecule has 3 aromatic carbocycles. The molecule has 2 N–H and O–H groups in total. The van der Waals surface area contributed by atoms with Gasteiger partial charge in [-0.1, -0.05) is 35.9 Å². The Labute approximate surface area is 172 Å².